The number of methoxy groups -OCH3 is 1. The molecule has 1 aromatic heterocycles. The molecule has 0 aliphatic heterocycles. The van der Waals surface area contributed by atoms with Crippen molar-refractivity contribution in [3.63, 3.8) is 0 Å². The van der Waals surface area contributed by atoms with Crippen LogP contribution >= 0.6 is 23.2 Å². The second kappa shape index (κ2) is 6.96. The van der Waals surface area contributed by atoms with Gasteiger partial charge in [0.25, 0.3) is 0 Å². The van der Waals surface area contributed by atoms with E-state index < -0.39 is 0 Å². The number of aromatic nitrogens is 2. The Morgan fingerprint density at radius 2 is 1.76 bits per heavy atom. The zero-order chi connectivity index (χ0) is 15.4. The Balaban J connectivity index is 2.18. The summed E-state index contributed by atoms with van der Waals surface area (Å²) < 4.78 is 10.9. The summed E-state index contributed by atoms with van der Waals surface area (Å²) in [5.41, 5.74) is 1.76. The van der Waals surface area contributed by atoms with E-state index in [0.717, 1.165) is 16.9 Å². The molecule has 0 atom stereocenters. The molecule has 4 nitrogen and oxygen atoms in total. The Morgan fingerprint density at radius 1 is 1.10 bits per heavy atom. The maximum atomic E-state index is 6.12. The lowest BCUT2D eigenvalue weighted by molar-refractivity contribution is 0.288. The molecule has 6 heteroatoms. The van der Waals surface area contributed by atoms with Crippen LogP contribution in [0.1, 0.15) is 30.9 Å². The summed E-state index contributed by atoms with van der Waals surface area (Å²) in [5, 5.41) is 0.406. The highest BCUT2D eigenvalue weighted by Gasteiger charge is 2.17. The maximum Gasteiger partial charge on any atom is 0.227 e. The summed E-state index contributed by atoms with van der Waals surface area (Å²) in [7, 11) is 1.63. The van der Waals surface area contributed by atoms with Gasteiger partial charge in [-0.05, 0) is 35.2 Å². The van der Waals surface area contributed by atoms with Crippen LogP contribution in [0.3, 0.4) is 0 Å². The van der Waals surface area contributed by atoms with Gasteiger partial charge in [0, 0.05) is 0 Å². The van der Waals surface area contributed by atoms with Gasteiger partial charge >= 0.3 is 0 Å². The minimum Gasteiger partial charge on any atom is -0.497 e. The number of halogens is 2. The largest absolute Gasteiger partial charge is 0.497 e. The Morgan fingerprint density at radius 3 is 2.33 bits per heavy atom. The molecule has 0 saturated carbocycles. The Labute approximate surface area is 134 Å². The average molecular weight is 327 g/mol. The number of hydrogen-bond donors (Lipinski definition) is 0. The highest BCUT2D eigenvalue weighted by Crippen LogP contribution is 2.32. The fourth-order valence-electron chi connectivity index (χ4n) is 1.87. The summed E-state index contributed by atoms with van der Waals surface area (Å²) in [6, 6.07) is 7.61. The van der Waals surface area contributed by atoms with Crippen molar-refractivity contribution in [2.75, 3.05) is 7.11 Å². The summed E-state index contributed by atoms with van der Waals surface area (Å²) in [4.78, 5) is 8.08. The van der Waals surface area contributed by atoms with Crippen molar-refractivity contribution < 1.29 is 9.47 Å². The first-order valence-electron chi connectivity index (χ1n) is 6.50. The summed E-state index contributed by atoms with van der Waals surface area (Å²) in [5.74, 6) is 1.36. The lowest BCUT2D eigenvalue weighted by Crippen LogP contribution is -2.04. The first kappa shape index (κ1) is 15.9. The Bertz CT molecular complexity index is 616. The molecule has 0 spiro atoms. The first-order chi connectivity index (χ1) is 10.0. The van der Waals surface area contributed by atoms with Crippen molar-refractivity contribution in [2.24, 2.45) is 0 Å². The smallest absolute Gasteiger partial charge is 0.227 e. The SMILES string of the molecule is COc1ccc(COc2nc(Cl)nc(Cl)c2C(C)C)cc1. The minimum atomic E-state index is 0.0779. The van der Waals surface area contributed by atoms with E-state index in [9.17, 15) is 0 Å². The molecule has 112 valence electrons. The molecule has 0 aliphatic rings. The monoisotopic (exact) mass is 326 g/mol. The molecule has 0 bridgehead atoms. The zero-order valence-electron chi connectivity index (χ0n) is 12.1. The summed E-state index contributed by atoms with van der Waals surface area (Å²) in [6.45, 7) is 4.37. The molecule has 0 saturated heterocycles. The van der Waals surface area contributed by atoms with Gasteiger partial charge in [-0.3, -0.25) is 0 Å². The lowest BCUT2D eigenvalue weighted by Gasteiger charge is -2.14. The molecule has 2 rings (SSSR count). The molecule has 1 aromatic carbocycles. The topological polar surface area (TPSA) is 44.2 Å². The Kier molecular flexibility index (Phi) is 5.26. The van der Waals surface area contributed by atoms with Gasteiger partial charge in [-0.2, -0.15) is 4.98 Å². The normalized spacial score (nSPS) is 10.8. The van der Waals surface area contributed by atoms with Gasteiger partial charge in [0.2, 0.25) is 11.2 Å². The van der Waals surface area contributed by atoms with Crippen LogP contribution < -0.4 is 9.47 Å². The number of rotatable bonds is 5. The van der Waals surface area contributed by atoms with Gasteiger partial charge in [0.1, 0.15) is 17.5 Å². The third kappa shape index (κ3) is 3.99. The van der Waals surface area contributed by atoms with Crippen molar-refractivity contribution in [3.8, 4) is 11.6 Å². The van der Waals surface area contributed by atoms with Crippen molar-refractivity contribution in [1.82, 2.24) is 9.97 Å². The predicted octanol–water partition coefficient (Wildman–Crippen LogP) is 4.49. The van der Waals surface area contributed by atoms with E-state index >= 15 is 0 Å². The van der Waals surface area contributed by atoms with Gasteiger partial charge in [-0.1, -0.05) is 37.6 Å². The summed E-state index contributed by atoms with van der Waals surface area (Å²) in [6.07, 6.45) is 0. The van der Waals surface area contributed by atoms with Crippen LogP contribution in [0.2, 0.25) is 10.4 Å². The fraction of sp³-hybridized carbons (Fsp3) is 0.333. The van der Waals surface area contributed by atoms with E-state index in [2.05, 4.69) is 9.97 Å². The fourth-order valence-corrected chi connectivity index (χ4v) is 2.45. The van der Waals surface area contributed by atoms with E-state index in [-0.39, 0.29) is 11.2 Å². The van der Waals surface area contributed by atoms with Crippen LogP contribution in [0.4, 0.5) is 0 Å². The van der Waals surface area contributed by atoms with E-state index in [4.69, 9.17) is 32.7 Å². The highest BCUT2D eigenvalue weighted by molar-refractivity contribution is 6.32. The standard InChI is InChI=1S/C15H16Cl2N2O2/c1-9(2)12-13(16)18-15(17)19-14(12)21-8-10-4-6-11(20-3)7-5-10/h4-7,9H,8H2,1-3H3. The van der Waals surface area contributed by atoms with Crippen molar-refractivity contribution in [1.29, 1.82) is 0 Å². The van der Waals surface area contributed by atoms with E-state index in [1.165, 1.54) is 0 Å². The van der Waals surface area contributed by atoms with Gasteiger partial charge in [0.05, 0.1) is 12.7 Å². The molecule has 21 heavy (non-hydrogen) atoms. The van der Waals surface area contributed by atoms with Crippen LogP contribution in [0.5, 0.6) is 11.6 Å². The summed E-state index contributed by atoms with van der Waals surface area (Å²) >= 11 is 12.0. The van der Waals surface area contributed by atoms with Crippen LogP contribution in [-0.2, 0) is 6.61 Å². The quantitative estimate of drug-likeness (QED) is 0.599. The van der Waals surface area contributed by atoms with Crippen LogP contribution in [-0.4, -0.2) is 17.1 Å². The first-order valence-corrected chi connectivity index (χ1v) is 7.25. The molecular formula is C15H16Cl2N2O2. The molecule has 2 aromatic rings. The van der Waals surface area contributed by atoms with E-state index in [0.29, 0.717) is 17.6 Å². The van der Waals surface area contributed by atoms with Crippen molar-refractivity contribution >= 4 is 23.2 Å². The molecule has 0 N–H and O–H groups in total. The Hall–Kier alpha value is -1.52. The average Bonchev–Trinajstić information content (AvgIpc) is 2.44. The molecule has 0 aliphatic carbocycles. The number of ether oxygens (including phenoxy) is 2. The molecule has 0 fully saturated rings. The van der Waals surface area contributed by atoms with Crippen molar-refractivity contribution in [3.05, 3.63) is 45.8 Å². The molecule has 1 heterocycles. The van der Waals surface area contributed by atoms with Crippen LogP contribution in [0.25, 0.3) is 0 Å². The molecular weight excluding hydrogens is 311 g/mol. The van der Waals surface area contributed by atoms with Crippen LogP contribution in [0.15, 0.2) is 24.3 Å². The van der Waals surface area contributed by atoms with E-state index in [1.807, 2.05) is 38.1 Å². The van der Waals surface area contributed by atoms with E-state index in [1.54, 1.807) is 7.11 Å². The van der Waals surface area contributed by atoms with Gasteiger partial charge in [-0.25, -0.2) is 4.98 Å². The second-order valence-corrected chi connectivity index (χ2v) is 5.49. The van der Waals surface area contributed by atoms with Crippen LogP contribution in [0, 0.1) is 0 Å². The molecule has 0 unspecified atom stereocenters. The molecule has 0 radical (unpaired) electrons. The third-order valence-electron chi connectivity index (χ3n) is 2.95. The number of nitrogens with zero attached hydrogens (tertiary/aromatic N) is 2. The highest BCUT2D eigenvalue weighted by atomic mass is 35.5. The lowest BCUT2D eigenvalue weighted by atomic mass is 10.1. The minimum absolute atomic E-state index is 0.0779. The third-order valence-corrected chi connectivity index (χ3v) is 3.41. The van der Waals surface area contributed by atoms with Gasteiger partial charge in [0.15, 0.2) is 0 Å². The maximum absolute atomic E-state index is 6.12. The predicted molar refractivity (Wildman–Crippen MR) is 83.5 cm³/mol. The van der Waals surface area contributed by atoms with Gasteiger partial charge in [-0.15, -0.1) is 0 Å². The second-order valence-electron chi connectivity index (χ2n) is 4.79. The number of hydrogen-bond acceptors (Lipinski definition) is 4. The van der Waals surface area contributed by atoms with Crippen molar-refractivity contribution in [2.45, 2.75) is 26.4 Å². The number of benzene rings is 1. The van der Waals surface area contributed by atoms with Gasteiger partial charge < -0.3 is 9.47 Å². The molecule has 0 amide bonds. The zero-order valence-corrected chi connectivity index (χ0v) is 13.6.